The number of nitrogens with zero attached hydrogens (tertiary/aromatic N) is 10. The lowest BCUT2D eigenvalue weighted by Gasteiger charge is -2.42. The van der Waals surface area contributed by atoms with E-state index in [2.05, 4.69) is 30.8 Å². The number of β-amino-alcohol motifs (C(OH)–C–C–N with tert-alkyl or cyclic N) is 2. The molecule has 4 atom stereocenters. The Morgan fingerprint density at radius 2 is 1.09 bits per heavy atom. The number of anilines is 2. The molecule has 0 saturated carbocycles. The van der Waals surface area contributed by atoms with Gasteiger partial charge in [0.15, 0.2) is 11.6 Å². The molecule has 0 radical (unpaired) electrons. The summed E-state index contributed by atoms with van der Waals surface area (Å²) in [6, 6.07) is 19.3. The molecule has 20 heteroatoms. The minimum absolute atomic E-state index is 0.0819. The number of amides is 2. The van der Waals surface area contributed by atoms with Crippen molar-refractivity contribution in [2.45, 2.75) is 63.2 Å². The Hall–Kier alpha value is -7.62. The Morgan fingerprint density at radius 1 is 0.676 bits per heavy atom. The molecule has 4 aliphatic rings. The van der Waals surface area contributed by atoms with Gasteiger partial charge in [-0.05, 0) is 63.1 Å². The molecular weight excluding hydrogens is 879 g/mol. The standard InChI is InChI=1S/2C24H23FN6O3/c2*1-24(33)13-30(8-6-19(24)34-2)20-7-9-31(29-20)18-10-16(28-17-12-27-23(32)22(17)18)21-14(11-26)4-3-5-15(21)25/h2*3-5,7,9-10,19,33H,6,8,12-13H2,1-2H3,(H,27,32)/t2*19-,24+/m10/s1. The molecule has 68 heavy (non-hydrogen) atoms. The molecule has 4 N–H and O–H groups in total. The van der Waals surface area contributed by atoms with Gasteiger partial charge >= 0.3 is 0 Å². The molecule has 2 amide bonds. The Balaban J connectivity index is 0.000000170. The number of carbonyl (C=O) groups excluding carboxylic acids is 2. The van der Waals surface area contributed by atoms with Crippen LogP contribution < -0.4 is 20.4 Å². The van der Waals surface area contributed by atoms with Gasteiger partial charge in [0, 0.05) is 51.8 Å². The third-order valence-electron chi connectivity index (χ3n) is 12.8. The number of aliphatic hydroxyl groups is 2. The number of piperidine rings is 2. The Morgan fingerprint density at radius 3 is 1.46 bits per heavy atom. The molecule has 2 fully saturated rings. The van der Waals surface area contributed by atoms with E-state index >= 15 is 0 Å². The number of nitrogens with one attached hydrogen (secondary N) is 2. The molecule has 2 saturated heterocycles. The zero-order chi connectivity index (χ0) is 48.1. The Bertz CT molecular complexity index is 2860. The number of hydrogen-bond donors (Lipinski definition) is 4. The van der Waals surface area contributed by atoms with Crippen LogP contribution in [-0.4, -0.2) is 115 Å². The summed E-state index contributed by atoms with van der Waals surface area (Å²) in [5.41, 5.74) is 1.41. The number of aromatic nitrogens is 6. The summed E-state index contributed by atoms with van der Waals surface area (Å²) in [4.78, 5) is 38.1. The van der Waals surface area contributed by atoms with Crippen LogP contribution in [0.15, 0.2) is 73.1 Å². The number of ether oxygens (including phenoxy) is 2. The monoisotopic (exact) mass is 924 g/mol. The van der Waals surface area contributed by atoms with Crippen molar-refractivity contribution in [1.29, 1.82) is 10.5 Å². The lowest BCUT2D eigenvalue weighted by molar-refractivity contribution is -0.0892. The molecule has 4 aromatic heterocycles. The normalized spacial score (nSPS) is 21.8. The maximum Gasteiger partial charge on any atom is 0.255 e. The highest BCUT2D eigenvalue weighted by molar-refractivity contribution is 6.02. The number of pyridine rings is 2. The van der Waals surface area contributed by atoms with Gasteiger partial charge in [0.1, 0.15) is 22.8 Å². The van der Waals surface area contributed by atoms with E-state index in [0.717, 1.165) is 0 Å². The van der Waals surface area contributed by atoms with E-state index < -0.39 is 22.8 Å². The maximum absolute atomic E-state index is 14.7. The van der Waals surface area contributed by atoms with Crippen LogP contribution >= 0.6 is 0 Å². The van der Waals surface area contributed by atoms with E-state index in [4.69, 9.17) is 9.47 Å². The molecule has 0 unspecified atom stereocenters. The van der Waals surface area contributed by atoms with Crippen LogP contribution in [0.25, 0.3) is 33.9 Å². The van der Waals surface area contributed by atoms with Crippen LogP contribution in [0.2, 0.25) is 0 Å². The molecule has 0 aliphatic carbocycles. The van der Waals surface area contributed by atoms with Gasteiger partial charge in [-0.15, -0.1) is 0 Å². The van der Waals surface area contributed by atoms with Crippen LogP contribution in [0, 0.1) is 34.3 Å². The van der Waals surface area contributed by atoms with Gasteiger partial charge in [-0.2, -0.15) is 20.7 Å². The van der Waals surface area contributed by atoms with E-state index in [9.17, 15) is 39.1 Å². The highest BCUT2D eigenvalue weighted by Gasteiger charge is 2.40. The summed E-state index contributed by atoms with van der Waals surface area (Å²) < 4.78 is 43.4. The fraction of sp³-hybridized carbons (Fsp3) is 0.333. The quantitative estimate of drug-likeness (QED) is 0.167. The summed E-state index contributed by atoms with van der Waals surface area (Å²) in [6.45, 7) is 5.83. The Labute approximate surface area is 389 Å². The molecule has 18 nitrogen and oxygen atoms in total. The highest BCUT2D eigenvalue weighted by Crippen LogP contribution is 2.35. The van der Waals surface area contributed by atoms with Crippen LogP contribution in [0.5, 0.6) is 0 Å². The minimum atomic E-state index is -1.04. The Kier molecular flexibility index (Phi) is 12.0. The lowest BCUT2D eigenvalue weighted by atomic mass is 9.91. The largest absolute Gasteiger partial charge is 0.386 e. The van der Waals surface area contributed by atoms with E-state index in [1.807, 2.05) is 21.9 Å². The van der Waals surface area contributed by atoms with Crippen LogP contribution in [0.3, 0.4) is 0 Å². The molecule has 4 aliphatic heterocycles. The second kappa shape index (κ2) is 17.9. The van der Waals surface area contributed by atoms with Gasteiger partial charge in [-0.1, -0.05) is 12.1 Å². The maximum atomic E-state index is 14.7. The smallest absolute Gasteiger partial charge is 0.255 e. The van der Waals surface area contributed by atoms with Gasteiger partial charge in [-0.25, -0.2) is 28.1 Å². The van der Waals surface area contributed by atoms with Crippen molar-refractivity contribution in [1.82, 2.24) is 40.2 Å². The molecule has 10 rings (SSSR count). The first kappa shape index (κ1) is 45.5. The molecule has 0 spiro atoms. The molecule has 8 heterocycles. The highest BCUT2D eigenvalue weighted by atomic mass is 19.1. The van der Waals surface area contributed by atoms with Crippen molar-refractivity contribution >= 4 is 23.5 Å². The number of rotatable bonds is 8. The summed E-state index contributed by atoms with van der Waals surface area (Å²) in [5.74, 6) is -0.468. The van der Waals surface area contributed by atoms with Gasteiger partial charge < -0.3 is 40.1 Å². The van der Waals surface area contributed by atoms with Crippen LogP contribution in [0.1, 0.15) is 69.9 Å². The molecular formula is C48H46F2N12O6. The number of benzene rings is 2. The van der Waals surface area contributed by atoms with Gasteiger partial charge in [-0.3, -0.25) is 9.59 Å². The summed E-state index contributed by atoms with van der Waals surface area (Å²) in [5, 5.41) is 55.3. The third-order valence-corrected chi connectivity index (χ3v) is 12.8. The first-order chi connectivity index (χ1) is 32.6. The predicted octanol–water partition coefficient (Wildman–Crippen LogP) is 4.33. The first-order valence-corrected chi connectivity index (χ1v) is 21.8. The van der Waals surface area contributed by atoms with Crippen LogP contribution in [-0.2, 0) is 22.6 Å². The van der Waals surface area contributed by atoms with Crippen molar-refractivity contribution in [3.05, 3.63) is 118 Å². The van der Waals surface area contributed by atoms with Gasteiger partial charge in [0.2, 0.25) is 0 Å². The van der Waals surface area contributed by atoms with Crippen molar-refractivity contribution in [3.63, 3.8) is 0 Å². The van der Waals surface area contributed by atoms with Crippen molar-refractivity contribution in [2.75, 3.05) is 50.2 Å². The SMILES string of the molecule is CO[C@@H]1CCN(c2ccn(-c3cc(-c4c(F)cccc4C#N)nc4c3C(=O)NC4)n2)C[C@]1(C)O.CO[C@H]1CCN(c2ccn(-c3cc(-c4c(F)cccc4C#N)nc4c3C(=O)NC4)n2)C[C@@]1(C)O. The number of hydrogen-bond acceptors (Lipinski definition) is 14. The van der Waals surface area contributed by atoms with Crippen molar-refractivity contribution < 1.29 is 38.1 Å². The fourth-order valence-electron chi connectivity index (χ4n) is 9.47. The first-order valence-electron chi connectivity index (χ1n) is 21.8. The van der Waals surface area contributed by atoms with Gasteiger partial charge in [0.25, 0.3) is 11.8 Å². The summed E-state index contributed by atoms with van der Waals surface area (Å²) in [7, 11) is 3.17. The molecule has 2 aromatic carbocycles. The average molecular weight is 925 g/mol. The summed E-state index contributed by atoms with van der Waals surface area (Å²) in [6.07, 6.45) is 4.16. The third kappa shape index (κ3) is 8.28. The second-order valence-electron chi connectivity index (χ2n) is 17.4. The number of fused-ring (bicyclic) bond motifs is 2. The minimum Gasteiger partial charge on any atom is -0.386 e. The van der Waals surface area contributed by atoms with E-state index in [0.29, 0.717) is 84.5 Å². The molecule has 6 aromatic rings. The topological polar surface area (TPSA) is 233 Å². The van der Waals surface area contributed by atoms with E-state index in [1.165, 1.54) is 36.4 Å². The van der Waals surface area contributed by atoms with Gasteiger partial charge in [0.05, 0.1) is 118 Å². The zero-order valence-electron chi connectivity index (χ0n) is 37.5. The summed E-state index contributed by atoms with van der Waals surface area (Å²) >= 11 is 0. The molecule has 348 valence electrons. The fourth-order valence-corrected chi connectivity index (χ4v) is 9.47. The van der Waals surface area contributed by atoms with E-state index in [1.54, 1.807) is 74.1 Å². The van der Waals surface area contributed by atoms with E-state index in [-0.39, 0.29) is 70.8 Å². The van der Waals surface area contributed by atoms with Crippen LogP contribution in [0.4, 0.5) is 20.4 Å². The average Bonchev–Trinajstić information content (AvgIpc) is 4.16. The predicted molar refractivity (Wildman–Crippen MR) is 242 cm³/mol. The van der Waals surface area contributed by atoms with Crippen molar-refractivity contribution in [2.24, 2.45) is 0 Å². The lowest BCUT2D eigenvalue weighted by Crippen LogP contribution is -2.56. The zero-order valence-corrected chi connectivity index (χ0v) is 37.5. The van der Waals surface area contributed by atoms with Crippen molar-refractivity contribution in [3.8, 4) is 46.0 Å². The number of halogens is 2. The molecule has 0 bridgehead atoms. The number of carbonyl (C=O) groups is 2. The number of nitriles is 2. The number of methoxy groups -OCH3 is 2. The second-order valence-corrected chi connectivity index (χ2v) is 17.4.